The number of rotatable bonds is 4. The lowest BCUT2D eigenvalue weighted by molar-refractivity contribution is 0.0936. The molecule has 0 saturated carbocycles. The average molecular weight is 427 g/mol. The Bertz CT molecular complexity index is 1360. The third-order valence-electron chi connectivity index (χ3n) is 5.65. The first-order valence-corrected chi connectivity index (χ1v) is 10.5. The number of amides is 1. The summed E-state index contributed by atoms with van der Waals surface area (Å²) >= 11 is 0. The van der Waals surface area contributed by atoms with E-state index in [2.05, 4.69) is 32.1 Å². The highest BCUT2D eigenvalue weighted by molar-refractivity contribution is 5.93. The highest BCUT2D eigenvalue weighted by Crippen LogP contribution is 2.30. The second kappa shape index (κ2) is 7.97. The van der Waals surface area contributed by atoms with Gasteiger partial charge in [0.1, 0.15) is 17.9 Å². The second-order valence-electron chi connectivity index (χ2n) is 8.01. The van der Waals surface area contributed by atoms with Gasteiger partial charge in [0, 0.05) is 34.6 Å². The van der Waals surface area contributed by atoms with Gasteiger partial charge in [-0.25, -0.2) is 14.4 Å². The van der Waals surface area contributed by atoms with Crippen LogP contribution in [0.1, 0.15) is 51.8 Å². The minimum atomic E-state index is -0.945. The van der Waals surface area contributed by atoms with Gasteiger partial charge in [-0.15, -0.1) is 5.92 Å². The van der Waals surface area contributed by atoms with Crippen LogP contribution in [0.5, 0.6) is 0 Å². The number of fused-ring (bicyclic) bond motifs is 2. The zero-order chi connectivity index (χ0) is 22.2. The second-order valence-corrected chi connectivity index (χ2v) is 8.01. The normalized spacial score (nSPS) is 15.8. The van der Waals surface area contributed by atoms with Crippen LogP contribution < -0.4 is 5.32 Å². The Morgan fingerprint density at radius 1 is 1.31 bits per heavy atom. The number of carbonyl (C=O) groups excluding carboxylic acids is 1. The van der Waals surface area contributed by atoms with Gasteiger partial charge >= 0.3 is 0 Å². The summed E-state index contributed by atoms with van der Waals surface area (Å²) in [7, 11) is 0. The van der Waals surface area contributed by atoms with Crippen LogP contribution in [0.4, 0.5) is 4.39 Å². The third kappa shape index (κ3) is 3.65. The molecule has 3 aromatic heterocycles. The highest BCUT2D eigenvalue weighted by atomic mass is 19.1. The van der Waals surface area contributed by atoms with Crippen LogP contribution in [-0.4, -0.2) is 31.6 Å². The predicted octanol–water partition coefficient (Wildman–Crippen LogP) is 3.85. The van der Waals surface area contributed by atoms with Crippen LogP contribution in [-0.2, 0) is 13.0 Å². The molecule has 5 rings (SSSR count). The molecular formula is C25H22FN5O. The van der Waals surface area contributed by atoms with Crippen LogP contribution in [0, 0.1) is 18.8 Å². The van der Waals surface area contributed by atoms with Gasteiger partial charge in [0.05, 0.1) is 18.6 Å². The first-order valence-electron chi connectivity index (χ1n) is 10.5. The molecule has 4 aromatic rings. The molecule has 4 heterocycles. The fraction of sp³-hybridized carbons (Fsp3) is 0.240. The zero-order valence-electron chi connectivity index (χ0n) is 17.8. The Labute approximate surface area is 184 Å². The van der Waals surface area contributed by atoms with Crippen molar-refractivity contribution in [3.8, 4) is 11.8 Å². The number of halogens is 1. The van der Waals surface area contributed by atoms with Gasteiger partial charge < -0.3 is 14.9 Å². The van der Waals surface area contributed by atoms with Gasteiger partial charge in [0.25, 0.3) is 5.91 Å². The fourth-order valence-electron chi connectivity index (χ4n) is 4.28. The van der Waals surface area contributed by atoms with Gasteiger partial charge in [0.15, 0.2) is 0 Å². The molecule has 1 amide bonds. The number of nitrogens with one attached hydrogen (secondary N) is 2. The van der Waals surface area contributed by atoms with E-state index in [4.69, 9.17) is 0 Å². The van der Waals surface area contributed by atoms with E-state index in [9.17, 15) is 9.18 Å². The number of carbonyl (C=O) groups is 1. The number of nitrogens with zero attached hydrogens (tertiary/aromatic N) is 3. The third-order valence-corrected chi connectivity index (χ3v) is 5.65. The molecular weight excluding hydrogens is 405 g/mol. The lowest BCUT2D eigenvalue weighted by atomic mass is 10.1. The number of hydrogen-bond acceptors (Lipinski definition) is 3. The van der Waals surface area contributed by atoms with Crippen molar-refractivity contribution in [2.24, 2.45) is 0 Å². The summed E-state index contributed by atoms with van der Waals surface area (Å²) < 4.78 is 15.9. The molecule has 1 aliphatic rings. The summed E-state index contributed by atoms with van der Waals surface area (Å²) in [5.41, 5.74) is 4.90. The maximum absolute atomic E-state index is 14.1. The lowest BCUT2D eigenvalue weighted by Gasteiger charge is -2.17. The van der Waals surface area contributed by atoms with Crippen LogP contribution in [0.25, 0.3) is 10.9 Å². The number of aromatic amines is 1. The Balaban J connectivity index is 1.56. The Morgan fingerprint density at radius 2 is 2.16 bits per heavy atom. The molecule has 0 saturated heterocycles. The van der Waals surface area contributed by atoms with Crippen LogP contribution in [0.2, 0.25) is 0 Å². The Kier molecular flexibility index (Phi) is 4.98. The number of para-hydroxylation sites is 1. The summed E-state index contributed by atoms with van der Waals surface area (Å²) in [5, 5.41) is 4.10. The molecule has 1 unspecified atom stereocenters. The van der Waals surface area contributed by atoms with Gasteiger partial charge in [-0.05, 0) is 43.5 Å². The maximum atomic E-state index is 14.1. The first kappa shape index (κ1) is 20.0. The quantitative estimate of drug-likeness (QED) is 0.486. The van der Waals surface area contributed by atoms with Gasteiger partial charge in [-0.1, -0.05) is 24.1 Å². The maximum Gasteiger partial charge on any atom is 0.270 e. The SMILES string of the molecule is CC#Cc1cc(C)nc(C(=O)NC(c2cc3ccccc3[nH]2)c2ncn3c2C[C@@H](F)C3)c1. The van der Waals surface area contributed by atoms with E-state index >= 15 is 0 Å². The number of H-pyrrole nitrogens is 1. The number of aromatic nitrogens is 4. The van der Waals surface area contributed by atoms with Crippen molar-refractivity contribution in [2.45, 2.75) is 39.0 Å². The molecule has 0 bridgehead atoms. The van der Waals surface area contributed by atoms with Crippen molar-refractivity contribution in [1.82, 2.24) is 24.8 Å². The Morgan fingerprint density at radius 3 is 2.97 bits per heavy atom. The van der Waals surface area contributed by atoms with Gasteiger partial charge in [-0.3, -0.25) is 4.79 Å². The molecule has 32 heavy (non-hydrogen) atoms. The number of benzene rings is 1. The van der Waals surface area contributed by atoms with Crippen molar-refractivity contribution in [3.63, 3.8) is 0 Å². The van der Waals surface area contributed by atoms with Crippen LogP contribution >= 0.6 is 0 Å². The summed E-state index contributed by atoms with van der Waals surface area (Å²) in [6, 6.07) is 12.8. The minimum absolute atomic E-state index is 0.279. The number of imidazole rings is 1. The van der Waals surface area contributed by atoms with E-state index in [1.54, 1.807) is 19.3 Å². The standard InChI is InChI=1S/C25H22FN5O/c1-3-6-16-9-15(2)28-21(10-16)25(32)30-23(20-11-17-7-4-5-8-19(17)29-20)24-22-12-18(26)13-31(22)14-27-24/h4-5,7-11,14,18,23,29H,12-13H2,1-2H3,(H,30,32)/t18-,23?/m1/s1. The Hall–Kier alpha value is -3.92. The molecule has 0 radical (unpaired) electrons. The number of pyridine rings is 1. The molecule has 0 spiro atoms. The zero-order valence-corrected chi connectivity index (χ0v) is 17.8. The van der Waals surface area contributed by atoms with E-state index in [1.165, 1.54) is 0 Å². The van der Waals surface area contributed by atoms with Crippen molar-refractivity contribution in [2.75, 3.05) is 0 Å². The van der Waals surface area contributed by atoms with Crippen molar-refractivity contribution in [1.29, 1.82) is 0 Å². The molecule has 0 fully saturated rings. The van der Waals surface area contributed by atoms with E-state index in [-0.39, 0.29) is 24.6 Å². The van der Waals surface area contributed by atoms with Crippen molar-refractivity contribution >= 4 is 16.8 Å². The average Bonchev–Trinajstić information content (AvgIpc) is 3.45. The largest absolute Gasteiger partial charge is 0.356 e. The lowest BCUT2D eigenvalue weighted by Crippen LogP contribution is -2.31. The molecule has 0 aliphatic carbocycles. The number of hydrogen-bond donors (Lipinski definition) is 2. The molecule has 1 aliphatic heterocycles. The number of alkyl halides is 1. The van der Waals surface area contributed by atoms with E-state index < -0.39 is 12.2 Å². The van der Waals surface area contributed by atoms with Gasteiger partial charge in [0.2, 0.25) is 0 Å². The molecule has 2 atom stereocenters. The summed E-state index contributed by atoms with van der Waals surface area (Å²) in [6.45, 7) is 3.86. The topological polar surface area (TPSA) is 75.6 Å². The fourth-order valence-corrected chi connectivity index (χ4v) is 4.28. The molecule has 160 valence electrons. The van der Waals surface area contributed by atoms with Crippen LogP contribution in [0.3, 0.4) is 0 Å². The molecule has 1 aromatic carbocycles. The van der Waals surface area contributed by atoms with Crippen molar-refractivity contribution in [3.05, 3.63) is 82.8 Å². The minimum Gasteiger partial charge on any atom is -0.356 e. The molecule has 2 N–H and O–H groups in total. The predicted molar refractivity (Wildman–Crippen MR) is 120 cm³/mol. The van der Waals surface area contributed by atoms with Crippen molar-refractivity contribution < 1.29 is 9.18 Å². The first-order chi connectivity index (χ1) is 15.5. The number of aryl methyl sites for hydroxylation is 1. The smallest absolute Gasteiger partial charge is 0.270 e. The summed E-state index contributed by atoms with van der Waals surface area (Å²) in [4.78, 5) is 25.6. The van der Waals surface area contributed by atoms with Gasteiger partial charge in [-0.2, -0.15) is 0 Å². The van der Waals surface area contributed by atoms with Crippen LogP contribution in [0.15, 0.2) is 48.8 Å². The van der Waals surface area contributed by atoms with E-state index in [0.29, 0.717) is 11.4 Å². The molecule has 6 nitrogen and oxygen atoms in total. The monoisotopic (exact) mass is 427 g/mol. The molecule has 7 heteroatoms. The summed E-state index contributed by atoms with van der Waals surface area (Å²) in [6.07, 6.45) is 0.978. The summed E-state index contributed by atoms with van der Waals surface area (Å²) in [5.74, 6) is 5.49. The van der Waals surface area contributed by atoms with E-state index in [1.807, 2.05) is 47.9 Å². The van der Waals surface area contributed by atoms with E-state index in [0.717, 1.165) is 27.9 Å². The highest BCUT2D eigenvalue weighted by Gasteiger charge is 2.31.